The minimum atomic E-state index is -1.18. The number of carboxylic acids is 2. The highest BCUT2D eigenvalue weighted by molar-refractivity contribution is 5.84. The fraction of sp³-hybridized carbons (Fsp3) is 0.833. The largest absolute Gasteiger partial charge is 0.481 e. The van der Waals surface area contributed by atoms with Gasteiger partial charge >= 0.3 is 11.9 Å². The Bertz CT molecular complexity index is 970. The molecule has 0 heterocycles. The van der Waals surface area contributed by atoms with Gasteiger partial charge in [0.15, 0.2) is 0 Å². The molecule has 0 aromatic carbocycles. The molecule has 0 radical (unpaired) electrons. The Morgan fingerprint density at radius 1 is 0.481 bits per heavy atom. The van der Waals surface area contributed by atoms with Crippen LogP contribution in [0.25, 0.3) is 0 Å². The molecule has 0 rings (SSSR count). The van der Waals surface area contributed by atoms with Gasteiger partial charge in [0.25, 0.3) is 0 Å². The summed E-state index contributed by atoms with van der Waals surface area (Å²) in [5.41, 5.74) is 0. The van der Waals surface area contributed by atoms with E-state index < -0.39 is 18.0 Å². The van der Waals surface area contributed by atoms with Crippen molar-refractivity contribution in [2.24, 2.45) is 0 Å². The third-order valence-corrected chi connectivity index (χ3v) is 7.96. The van der Waals surface area contributed by atoms with E-state index in [9.17, 15) is 33.9 Å². The molecule has 0 saturated heterocycles. The summed E-state index contributed by atoms with van der Waals surface area (Å²) in [5.74, 6) is -3.08. The van der Waals surface area contributed by atoms with Crippen molar-refractivity contribution in [1.82, 2.24) is 21.3 Å². The van der Waals surface area contributed by atoms with E-state index in [1.165, 1.54) is 52.0 Å². The van der Waals surface area contributed by atoms with Crippen molar-refractivity contribution in [1.29, 1.82) is 0 Å². The summed E-state index contributed by atoms with van der Waals surface area (Å²) in [6.07, 6.45) is 15.6. The highest BCUT2D eigenvalue weighted by Crippen LogP contribution is 2.14. The normalized spacial score (nSPS) is 11.5. The van der Waals surface area contributed by atoms with Crippen LogP contribution in [-0.4, -0.2) is 125 Å². The lowest BCUT2D eigenvalue weighted by atomic mass is 10.0. The smallest absolute Gasteiger partial charge is 0.326 e. The second-order valence-corrected chi connectivity index (χ2v) is 12.5. The van der Waals surface area contributed by atoms with Crippen LogP contribution < -0.4 is 21.3 Å². The summed E-state index contributed by atoms with van der Waals surface area (Å²) in [6.45, 7) is 1.84. The van der Waals surface area contributed by atoms with Crippen LogP contribution in [0.15, 0.2) is 0 Å². The number of nitrogens with one attached hydrogen (secondary N) is 4. The molecule has 0 aliphatic heterocycles. The number of hydrogen-bond donors (Lipinski definition) is 6. The molecule has 1 atom stereocenters. The number of aliphatic carboxylic acids is 2. The van der Waals surface area contributed by atoms with Crippen LogP contribution in [0.3, 0.4) is 0 Å². The number of rotatable bonds is 38. The standard InChI is InChI=1S/C36H66N4O12/c1-37-33(43)28-51-26-24-50-23-21-39-34(44)29-52-27-25-49-22-20-38-31(41)19-18-30(36(47)48)40-32(42)16-14-12-10-8-6-4-2-3-5-7-9-11-13-15-17-35(45)46/h30H,2-29H2,1H3,(H,37,43)(H,38,41)(H,39,44)(H,40,42)(H,45,46)(H,47,48)/t30-/m0/s1. The molecule has 16 nitrogen and oxygen atoms in total. The van der Waals surface area contributed by atoms with E-state index in [4.69, 9.17) is 24.1 Å². The molecule has 0 unspecified atom stereocenters. The van der Waals surface area contributed by atoms with Crippen LogP contribution in [0.1, 0.15) is 116 Å². The van der Waals surface area contributed by atoms with Crippen LogP contribution in [0.5, 0.6) is 0 Å². The van der Waals surface area contributed by atoms with Crippen LogP contribution in [0, 0.1) is 0 Å². The van der Waals surface area contributed by atoms with Crippen molar-refractivity contribution in [3.05, 3.63) is 0 Å². The predicted molar refractivity (Wildman–Crippen MR) is 194 cm³/mol. The Kier molecular flexibility index (Phi) is 33.7. The first-order valence-electron chi connectivity index (χ1n) is 18.9. The van der Waals surface area contributed by atoms with E-state index >= 15 is 0 Å². The van der Waals surface area contributed by atoms with Crippen molar-refractivity contribution in [3.63, 3.8) is 0 Å². The van der Waals surface area contributed by atoms with Crippen LogP contribution in [0.4, 0.5) is 0 Å². The summed E-state index contributed by atoms with van der Waals surface area (Å²) in [6, 6.07) is -1.13. The zero-order valence-electron chi connectivity index (χ0n) is 31.4. The van der Waals surface area contributed by atoms with Gasteiger partial charge in [0.2, 0.25) is 23.6 Å². The summed E-state index contributed by atoms with van der Waals surface area (Å²) < 4.78 is 21.0. The molecule has 6 N–H and O–H groups in total. The topological polar surface area (TPSA) is 228 Å². The Hall–Kier alpha value is -3.34. The molecule has 0 spiro atoms. The molecular weight excluding hydrogens is 680 g/mol. The van der Waals surface area contributed by atoms with Crippen LogP contribution in [0.2, 0.25) is 0 Å². The summed E-state index contributed by atoms with van der Waals surface area (Å²) in [4.78, 5) is 69.3. The highest BCUT2D eigenvalue weighted by Gasteiger charge is 2.20. The molecular formula is C36H66N4O12. The number of amides is 4. The van der Waals surface area contributed by atoms with Crippen LogP contribution in [-0.2, 0) is 47.7 Å². The zero-order chi connectivity index (χ0) is 38.5. The van der Waals surface area contributed by atoms with E-state index in [-0.39, 0.29) is 95.5 Å². The lowest BCUT2D eigenvalue weighted by molar-refractivity contribution is -0.142. The second-order valence-electron chi connectivity index (χ2n) is 12.5. The van der Waals surface area contributed by atoms with Crippen molar-refractivity contribution in [2.45, 2.75) is 122 Å². The molecule has 0 fully saturated rings. The van der Waals surface area contributed by atoms with Crippen molar-refractivity contribution < 1.29 is 57.9 Å². The van der Waals surface area contributed by atoms with Gasteiger partial charge in [0.1, 0.15) is 19.3 Å². The first-order chi connectivity index (χ1) is 25.1. The maximum atomic E-state index is 12.3. The third kappa shape index (κ3) is 35.1. The van der Waals surface area contributed by atoms with Crippen molar-refractivity contribution >= 4 is 35.6 Å². The van der Waals surface area contributed by atoms with E-state index in [0.29, 0.717) is 26.2 Å². The number of likely N-dealkylation sites (N-methyl/N-ethyl adjacent to an activating group) is 1. The molecule has 0 aliphatic rings. The molecule has 16 heteroatoms. The maximum Gasteiger partial charge on any atom is 0.326 e. The van der Waals surface area contributed by atoms with Gasteiger partial charge in [0, 0.05) is 39.4 Å². The zero-order valence-corrected chi connectivity index (χ0v) is 31.4. The second kappa shape index (κ2) is 36.0. The molecule has 302 valence electrons. The minimum Gasteiger partial charge on any atom is -0.481 e. The van der Waals surface area contributed by atoms with Gasteiger partial charge in [-0.05, 0) is 19.3 Å². The first kappa shape index (κ1) is 48.7. The lowest BCUT2D eigenvalue weighted by Crippen LogP contribution is -2.41. The number of unbranched alkanes of at least 4 members (excludes halogenated alkanes) is 13. The van der Waals surface area contributed by atoms with Gasteiger partial charge in [-0.15, -0.1) is 0 Å². The Labute approximate surface area is 309 Å². The van der Waals surface area contributed by atoms with E-state index in [2.05, 4.69) is 21.3 Å². The first-order valence-corrected chi connectivity index (χ1v) is 18.9. The average molecular weight is 747 g/mol. The number of hydrogen-bond acceptors (Lipinski definition) is 10. The summed E-state index contributed by atoms with van der Waals surface area (Å²) >= 11 is 0. The lowest BCUT2D eigenvalue weighted by Gasteiger charge is -2.14. The molecule has 0 aliphatic carbocycles. The quantitative estimate of drug-likeness (QED) is 0.0502. The third-order valence-electron chi connectivity index (χ3n) is 7.96. The van der Waals surface area contributed by atoms with Crippen LogP contribution >= 0.6 is 0 Å². The Morgan fingerprint density at radius 2 is 0.904 bits per heavy atom. The average Bonchev–Trinajstić information content (AvgIpc) is 3.11. The minimum absolute atomic E-state index is 0.0177. The van der Waals surface area contributed by atoms with Gasteiger partial charge in [-0.25, -0.2) is 4.79 Å². The fourth-order valence-corrected chi connectivity index (χ4v) is 4.99. The fourth-order valence-electron chi connectivity index (χ4n) is 4.99. The van der Waals surface area contributed by atoms with Gasteiger partial charge < -0.3 is 50.4 Å². The van der Waals surface area contributed by atoms with Crippen molar-refractivity contribution in [2.75, 3.05) is 73.0 Å². The molecule has 0 bridgehead atoms. The van der Waals surface area contributed by atoms with Gasteiger partial charge in [-0.1, -0.05) is 77.0 Å². The molecule has 52 heavy (non-hydrogen) atoms. The van der Waals surface area contributed by atoms with E-state index in [1.54, 1.807) is 0 Å². The van der Waals surface area contributed by atoms with Crippen molar-refractivity contribution in [3.8, 4) is 0 Å². The monoisotopic (exact) mass is 746 g/mol. The number of ether oxygens (including phenoxy) is 4. The predicted octanol–water partition coefficient (Wildman–Crippen LogP) is 2.71. The summed E-state index contributed by atoms with van der Waals surface area (Å²) in [5, 5.41) is 28.4. The summed E-state index contributed by atoms with van der Waals surface area (Å²) in [7, 11) is 1.52. The molecule has 4 amide bonds. The van der Waals surface area contributed by atoms with Gasteiger partial charge in [-0.2, -0.15) is 0 Å². The maximum absolute atomic E-state index is 12.3. The molecule has 0 aromatic heterocycles. The Morgan fingerprint density at radius 3 is 1.37 bits per heavy atom. The number of carbonyl (C=O) groups excluding carboxylic acids is 4. The number of carboxylic acid groups (broad SMARTS) is 2. The van der Waals surface area contributed by atoms with Gasteiger partial charge in [0.05, 0.1) is 39.6 Å². The Balaban J connectivity index is 3.66. The van der Waals surface area contributed by atoms with Gasteiger partial charge in [-0.3, -0.25) is 24.0 Å². The van der Waals surface area contributed by atoms with E-state index in [0.717, 1.165) is 38.5 Å². The SMILES string of the molecule is CNC(=O)COCCOCCNC(=O)COCCOCCNC(=O)CC[C@H](NC(=O)CCCCCCCCCCCCCCCCC(=O)O)C(=O)O. The highest BCUT2D eigenvalue weighted by atomic mass is 16.5. The molecule has 0 aromatic rings. The van der Waals surface area contributed by atoms with E-state index in [1.807, 2.05) is 0 Å². The number of carbonyl (C=O) groups is 6. The molecule has 0 saturated carbocycles.